The van der Waals surface area contributed by atoms with Crippen LogP contribution in [0.1, 0.15) is 19.4 Å². The Bertz CT molecular complexity index is 537. The monoisotopic (exact) mass is 271 g/mol. The molecule has 1 aromatic carbocycles. The number of imidazole rings is 1. The Balaban J connectivity index is 2.19. The van der Waals surface area contributed by atoms with Gasteiger partial charge < -0.3 is 15.2 Å². The summed E-state index contributed by atoms with van der Waals surface area (Å²) in [5, 5.41) is 6.46. The molecular weight excluding hydrogens is 250 g/mol. The Labute approximate surface area is 119 Å². The van der Waals surface area contributed by atoms with Crippen molar-refractivity contribution in [2.75, 3.05) is 13.1 Å². The van der Waals surface area contributed by atoms with Crippen LogP contribution in [-0.4, -0.2) is 28.6 Å². The summed E-state index contributed by atoms with van der Waals surface area (Å²) in [6, 6.07) is 8.23. The molecule has 1 heterocycles. The van der Waals surface area contributed by atoms with E-state index in [1.54, 1.807) is 12.5 Å². The van der Waals surface area contributed by atoms with Gasteiger partial charge in [-0.3, -0.25) is 0 Å². The first kappa shape index (κ1) is 14.1. The molecule has 0 bridgehead atoms. The van der Waals surface area contributed by atoms with Gasteiger partial charge in [-0.15, -0.1) is 0 Å². The average Bonchev–Trinajstić information content (AvgIpc) is 2.99. The molecule has 0 atom stereocenters. The number of benzene rings is 1. The SMILES string of the molecule is CCNC(=NCc1ccccc1-n1ccnc1)NCC. The van der Waals surface area contributed by atoms with Gasteiger partial charge in [-0.05, 0) is 25.5 Å². The highest BCUT2D eigenvalue weighted by molar-refractivity contribution is 5.79. The third-order valence-corrected chi connectivity index (χ3v) is 2.87. The summed E-state index contributed by atoms with van der Waals surface area (Å²) in [6.07, 6.45) is 5.53. The van der Waals surface area contributed by atoms with Crippen molar-refractivity contribution in [3.05, 3.63) is 48.5 Å². The van der Waals surface area contributed by atoms with Crippen LogP contribution in [0.25, 0.3) is 5.69 Å². The van der Waals surface area contributed by atoms with E-state index in [-0.39, 0.29) is 0 Å². The second-order valence-electron chi connectivity index (χ2n) is 4.32. The lowest BCUT2D eigenvalue weighted by Crippen LogP contribution is -2.37. The van der Waals surface area contributed by atoms with E-state index in [2.05, 4.69) is 46.6 Å². The Morgan fingerprint density at radius 1 is 1.20 bits per heavy atom. The van der Waals surface area contributed by atoms with Crippen molar-refractivity contribution in [2.24, 2.45) is 4.99 Å². The Hall–Kier alpha value is -2.30. The number of nitrogens with zero attached hydrogens (tertiary/aromatic N) is 3. The molecule has 0 aliphatic heterocycles. The number of hydrogen-bond donors (Lipinski definition) is 2. The molecule has 2 aromatic rings. The maximum Gasteiger partial charge on any atom is 0.191 e. The number of aliphatic imine (C=N–C) groups is 1. The average molecular weight is 271 g/mol. The molecule has 5 heteroatoms. The van der Waals surface area contributed by atoms with Crippen LogP contribution in [0.3, 0.4) is 0 Å². The van der Waals surface area contributed by atoms with Crippen LogP contribution in [0.2, 0.25) is 0 Å². The summed E-state index contributed by atoms with van der Waals surface area (Å²) >= 11 is 0. The van der Waals surface area contributed by atoms with Crippen LogP contribution in [0.15, 0.2) is 48.0 Å². The molecule has 0 fully saturated rings. The summed E-state index contributed by atoms with van der Waals surface area (Å²) in [5.41, 5.74) is 2.28. The van der Waals surface area contributed by atoms with Gasteiger partial charge in [0.15, 0.2) is 5.96 Å². The van der Waals surface area contributed by atoms with Crippen LogP contribution in [0, 0.1) is 0 Å². The standard InChI is InChI=1S/C15H21N5/c1-3-17-15(18-4-2)19-11-13-7-5-6-8-14(13)20-10-9-16-12-20/h5-10,12H,3-4,11H2,1-2H3,(H2,17,18,19). The molecule has 0 radical (unpaired) electrons. The van der Waals surface area contributed by atoms with Crippen molar-refractivity contribution >= 4 is 5.96 Å². The number of para-hydroxylation sites is 1. The van der Waals surface area contributed by atoms with E-state index in [0.717, 1.165) is 24.7 Å². The largest absolute Gasteiger partial charge is 0.357 e. The highest BCUT2D eigenvalue weighted by Crippen LogP contribution is 2.14. The number of nitrogens with one attached hydrogen (secondary N) is 2. The number of guanidine groups is 1. The molecule has 0 spiro atoms. The molecule has 20 heavy (non-hydrogen) atoms. The van der Waals surface area contributed by atoms with Gasteiger partial charge in [-0.25, -0.2) is 9.98 Å². The number of aromatic nitrogens is 2. The summed E-state index contributed by atoms with van der Waals surface area (Å²) in [7, 11) is 0. The predicted molar refractivity (Wildman–Crippen MR) is 82.1 cm³/mol. The van der Waals surface area contributed by atoms with Crippen LogP contribution < -0.4 is 10.6 Å². The molecule has 5 nitrogen and oxygen atoms in total. The van der Waals surface area contributed by atoms with Gasteiger partial charge in [0, 0.05) is 25.5 Å². The smallest absolute Gasteiger partial charge is 0.191 e. The van der Waals surface area contributed by atoms with Crippen molar-refractivity contribution in [2.45, 2.75) is 20.4 Å². The zero-order chi connectivity index (χ0) is 14.2. The molecule has 0 unspecified atom stereocenters. The van der Waals surface area contributed by atoms with Crippen LogP contribution >= 0.6 is 0 Å². The molecule has 2 N–H and O–H groups in total. The van der Waals surface area contributed by atoms with E-state index in [0.29, 0.717) is 6.54 Å². The van der Waals surface area contributed by atoms with Crippen molar-refractivity contribution in [1.29, 1.82) is 0 Å². The van der Waals surface area contributed by atoms with Gasteiger partial charge in [0.2, 0.25) is 0 Å². The molecular formula is C15H21N5. The van der Waals surface area contributed by atoms with Crippen LogP contribution in [0.4, 0.5) is 0 Å². The minimum absolute atomic E-state index is 0.629. The zero-order valence-electron chi connectivity index (χ0n) is 12.0. The Morgan fingerprint density at radius 3 is 2.60 bits per heavy atom. The van der Waals surface area contributed by atoms with Crippen LogP contribution in [0.5, 0.6) is 0 Å². The molecule has 106 valence electrons. The van der Waals surface area contributed by atoms with Gasteiger partial charge in [0.05, 0.1) is 18.6 Å². The summed E-state index contributed by atoms with van der Waals surface area (Å²) in [4.78, 5) is 8.70. The van der Waals surface area contributed by atoms with Crippen molar-refractivity contribution in [1.82, 2.24) is 20.2 Å². The first-order valence-corrected chi connectivity index (χ1v) is 6.93. The second-order valence-corrected chi connectivity index (χ2v) is 4.32. The Morgan fingerprint density at radius 2 is 1.95 bits per heavy atom. The molecule has 0 amide bonds. The van der Waals surface area contributed by atoms with Gasteiger partial charge in [-0.1, -0.05) is 18.2 Å². The van der Waals surface area contributed by atoms with Gasteiger partial charge in [-0.2, -0.15) is 0 Å². The quantitative estimate of drug-likeness (QED) is 0.645. The lowest BCUT2D eigenvalue weighted by Gasteiger charge is -2.11. The normalized spacial score (nSPS) is 10.1. The third-order valence-electron chi connectivity index (χ3n) is 2.87. The predicted octanol–water partition coefficient (Wildman–Crippen LogP) is 1.95. The molecule has 0 aliphatic carbocycles. The van der Waals surface area contributed by atoms with Gasteiger partial charge >= 0.3 is 0 Å². The second kappa shape index (κ2) is 7.33. The van der Waals surface area contributed by atoms with E-state index < -0.39 is 0 Å². The zero-order valence-corrected chi connectivity index (χ0v) is 12.0. The van der Waals surface area contributed by atoms with Crippen molar-refractivity contribution in [3.63, 3.8) is 0 Å². The minimum Gasteiger partial charge on any atom is -0.357 e. The highest BCUT2D eigenvalue weighted by atomic mass is 15.2. The fraction of sp³-hybridized carbons (Fsp3) is 0.333. The van der Waals surface area contributed by atoms with E-state index in [1.165, 1.54) is 5.56 Å². The minimum atomic E-state index is 0.629. The maximum absolute atomic E-state index is 4.60. The summed E-state index contributed by atoms with van der Waals surface area (Å²) in [5.74, 6) is 0.843. The molecule has 0 saturated carbocycles. The molecule has 0 aliphatic rings. The van der Waals surface area contributed by atoms with E-state index in [4.69, 9.17) is 0 Å². The Kier molecular flexibility index (Phi) is 5.17. The molecule has 1 aromatic heterocycles. The van der Waals surface area contributed by atoms with Crippen LogP contribution in [-0.2, 0) is 6.54 Å². The lowest BCUT2D eigenvalue weighted by atomic mass is 10.2. The van der Waals surface area contributed by atoms with E-state index >= 15 is 0 Å². The highest BCUT2D eigenvalue weighted by Gasteiger charge is 2.03. The molecule has 2 rings (SSSR count). The third kappa shape index (κ3) is 3.60. The summed E-state index contributed by atoms with van der Waals surface area (Å²) in [6.45, 7) is 6.46. The van der Waals surface area contributed by atoms with E-state index in [1.807, 2.05) is 22.9 Å². The number of rotatable bonds is 5. The van der Waals surface area contributed by atoms with Gasteiger partial charge in [0.25, 0.3) is 0 Å². The fourth-order valence-corrected chi connectivity index (χ4v) is 1.97. The first-order chi connectivity index (χ1) is 9.85. The topological polar surface area (TPSA) is 54.2 Å². The fourth-order valence-electron chi connectivity index (χ4n) is 1.97. The summed E-state index contributed by atoms with van der Waals surface area (Å²) < 4.78 is 2.00. The number of hydrogen-bond acceptors (Lipinski definition) is 2. The lowest BCUT2D eigenvalue weighted by molar-refractivity contribution is 0.837. The maximum atomic E-state index is 4.60. The van der Waals surface area contributed by atoms with Crippen molar-refractivity contribution in [3.8, 4) is 5.69 Å². The van der Waals surface area contributed by atoms with E-state index in [9.17, 15) is 0 Å². The first-order valence-electron chi connectivity index (χ1n) is 6.93. The van der Waals surface area contributed by atoms with Gasteiger partial charge in [0.1, 0.15) is 0 Å². The molecule has 0 saturated heterocycles. The van der Waals surface area contributed by atoms with Crippen molar-refractivity contribution < 1.29 is 0 Å².